The van der Waals surface area contributed by atoms with Gasteiger partial charge in [-0.15, -0.1) is 0 Å². The predicted octanol–water partition coefficient (Wildman–Crippen LogP) is 2.07. The van der Waals surface area contributed by atoms with E-state index in [1.54, 1.807) is 29.2 Å². The quantitative estimate of drug-likeness (QED) is 0.569. The topological polar surface area (TPSA) is 87.2 Å². The third kappa shape index (κ3) is 4.64. The molecule has 3 rings (SSSR count). The maximum absolute atomic E-state index is 12.9. The van der Waals surface area contributed by atoms with E-state index < -0.39 is 11.6 Å². The summed E-state index contributed by atoms with van der Waals surface area (Å²) in [6, 6.07) is 5.94. The van der Waals surface area contributed by atoms with Crippen LogP contribution in [0, 0.1) is 0 Å². The van der Waals surface area contributed by atoms with Crippen molar-refractivity contribution in [2.24, 2.45) is 0 Å². The van der Waals surface area contributed by atoms with Crippen molar-refractivity contribution in [3.63, 3.8) is 0 Å². The fraction of sp³-hybridized carbons (Fsp3) is 0.524. The number of amides is 3. The van der Waals surface area contributed by atoms with E-state index in [2.05, 4.69) is 0 Å². The first-order valence-electron chi connectivity index (χ1n) is 9.76. The second-order valence-electron chi connectivity index (χ2n) is 8.39. The summed E-state index contributed by atoms with van der Waals surface area (Å²) in [4.78, 5) is 53.8. The molecule has 156 valence electrons. The first-order valence-corrected chi connectivity index (χ1v) is 9.76. The minimum absolute atomic E-state index is 0.0728. The highest BCUT2D eigenvalue weighted by Gasteiger charge is 2.43. The normalized spacial score (nSPS) is 20.9. The summed E-state index contributed by atoms with van der Waals surface area (Å²) in [7, 11) is 0. The Kier molecular flexibility index (Phi) is 5.75. The van der Waals surface area contributed by atoms with Crippen molar-refractivity contribution >= 4 is 29.4 Å². The average Bonchev–Trinajstić information content (AvgIpc) is 2.95. The molecule has 2 aliphatic heterocycles. The Morgan fingerprint density at radius 3 is 2.10 bits per heavy atom. The molecule has 0 radical (unpaired) electrons. The highest BCUT2D eigenvalue weighted by Crippen LogP contribution is 2.27. The number of hydrogen-bond donors (Lipinski definition) is 0. The number of ether oxygens (including phenoxy) is 1. The average molecular weight is 401 g/mol. The van der Waals surface area contributed by atoms with Crippen molar-refractivity contribution in [1.82, 2.24) is 9.80 Å². The molecule has 29 heavy (non-hydrogen) atoms. The minimum atomic E-state index is -0.555. The van der Waals surface area contributed by atoms with Gasteiger partial charge < -0.3 is 9.64 Å². The maximum atomic E-state index is 12.9. The van der Waals surface area contributed by atoms with Gasteiger partial charge >= 0.3 is 6.09 Å². The number of carbonyl (C=O) groups excluding carboxylic acids is 4. The molecule has 0 bridgehead atoms. The van der Waals surface area contributed by atoms with Crippen molar-refractivity contribution in [1.29, 1.82) is 0 Å². The number of nitrogens with zero attached hydrogens (tertiary/aromatic N) is 3. The third-order valence-electron chi connectivity index (χ3n) is 5.06. The lowest BCUT2D eigenvalue weighted by atomic mass is 10.1. The first kappa shape index (κ1) is 21.0. The van der Waals surface area contributed by atoms with Gasteiger partial charge in [0.15, 0.2) is 5.78 Å². The molecule has 1 aromatic carbocycles. The zero-order chi connectivity index (χ0) is 21.3. The molecule has 1 atom stereocenters. The summed E-state index contributed by atoms with van der Waals surface area (Å²) < 4.78 is 5.39. The van der Waals surface area contributed by atoms with Gasteiger partial charge in [-0.3, -0.25) is 19.3 Å². The Labute approximate surface area is 170 Å². The Balaban J connectivity index is 1.63. The van der Waals surface area contributed by atoms with Crippen LogP contribution < -0.4 is 4.90 Å². The van der Waals surface area contributed by atoms with Crippen LogP contribution >= 0.6 is 0 Å². The molecule has 0 saturated carbocycles. The van der Waals surface area contributed by atoms with E-state index in [9.17, 15) is 19.2 Å². The molecule has 2 saturated heterocycles. The molecule has 0 unspecified atom stereocenters. The number of ketones is 1. The molecular formula is C21H27N3O5. The Hall–Kier alpha value is -2.74. The van der Waals surface area contributed by atoms with Gasteiger partial charge in [0.25, 0.3) is 5.91 Å². The van der Waals surface area contributed by atoms with Crippen molar-refractivity contribution in [2.45, 2.75) is 45.8 Å². The highest BCUT2D eigenvalue weighted by atomic mass is 16.6. The van der Waals surface area contributed by atoms with E-state index >= 15 is 0 Å². The summed E-state index contributed by atoms with van der Waals surface area (Å²) in [6.07, 6.45) is -0.252. The van der Waals surface area contributed by atoms with Crippen molar-refractivity contribution < 1.29 is 23.9 Å². The van der Waals surface area contributed by atoms with Crippen LogP contribution in [0.4, 0.5) is 10.5 Å². The van der Waals surface area contributed by atoms with Crippen LogP contribution in [0.25, 0.3) is 0 Å². The molecule has 2 aliphatic rings. The number of Topliss-reactive ketones (excluding diaryl/α,β-unsaturated/α-hetero) is 1. The summed E-state index contributed by atoms with van der Waals surface area (Å²) in [5, 5.41) is 0. The number of imide groups is 1. The van der Waals surface area contributed by atoms with Crippen molar-refractivity contribution in [3.8, 4) is 0 Å². The SMILES string of the molecule is CC(=O)c1ccc(N2C(=O)C[C@H](N3CCN(C(=O)OC(C)(C)C)CC3)C2=O)cc1. The number of anilines is 1. The molecule has 3 amide bonds. The first-order chi connectivity index (χ1) is 13.6. The molecule has 8 nitrogen and oxygen atoms in total. The smallest absolute Gasteiger partial charge is 0.410 e. The third-order valence-corrected chi connectivity index (χ3v) is 5.06. The standard InChI is InChI=1S/C21H27N3O5/c1-14(25)15-5-7-16(8-6-15)24-18(26)13-17(19(24)27)22-9-11-23(12-10-22)20(28)29-21(2,3)4/h5-8,17H,9-13H2,1-4H3/t17-/m0/s1. The van der Waals surface area contributed by atoms with E-state index in [1.165, 1.54) is 11.8 Å². The number of piperazine rings is 1. The summed E-state index contributed by atoms with van der Waals surface area (Å²) in [5.41, 5.74) is 0.447. The van der Waals surface area contributed by atoms with E-state index in [-0.39, 0.29) is 30.1 Å². The van der Waals surface area contributed by atoms with Gasteiger partial charge in [0, 0.05) is 31.7 Å². The van der Waals surface area contributed by atoms with Crippen LogP contribution in [-0.4, -0.2) is 71.3 Å². The van der Waals surface area contributed by atoms with Crippen molar-refractivity contribution in [2.75, 3.05) is 31.1 Å². The zero-order valence-electron chi connectivity index (χ0n) is 17.3. The number of benzene rings is 1. The van der Waals surface area contributed by atoms with Gasteiger partial charge in [-0.1, -0.05) is 0 Å². The molecule has 0 N–H and O–H groups in total. The Morgan fingerprint density at radius 2 is 1.59 bits per heavy atom. The number of rotatable bonds is 3. The van der Waals surface area contributed by atoms with Gasteiger partial charge in [0.05, 0.1) is 18.2 Å². The summed E-state index contributed by atoms with van der Waals surface area (Å²) in [5.74, 6) is -0.599. The lowest BCUT2D eigenvalue weighted by Crippen LogP contribution is -2.54. The van der Waals surface area contributed by atoms with Gasteiger partial charge in [0.2, 0.25) is 5.91 Å². The van der Waals surface area contributed by atoms with E-state index in [0.29, 0.717) is 37.4 Å². The minimum Gasteiger partial charge on any atom is -0.444 e. The van der Waals surface area contributed by atoms with Gasteiger partial charge in [-0.2, -0.15) is 0 Å². The van der Waals surface area contributed by atoms with Gasteiger partial charge in [0.1, 0.15) is 5.60 Å². The van der Waals surface area contributed by atoms with Crippen molar-refractivity contribution in [3.05, 3.63) is 29.8 Å². The Bertz CT molecular complexity index is 820. The van der Waals surface area contributed by atoms with Crippen LogP contribution in [0.15, 0.2) is 24.3 Å². The van der Waals surface area contributed by atoms with Crippen LogP contribution in [-0.2, 0) is 14.3 Å². The lowest BCUT2D eigenvalue weighted by molar-refractivity contribution is -0.123. The van der Waals surface area contributed by atoms with Crippen LogP contribution in [0.5, 0.6) is 0 Å². The molecule has 1 aromatic rings. The molecule has 8 heteroatoms. The molecular weight excluding hydrogens is 374 g/mol. The predicted molar refractivity (Wildman–Crippen MR) is 107 cm³/mol. The lowest BCUT2D eigenvalue weighted by Gasteiger charge is -2.37. The summed E-state index contributed by atoms with van der Waals surface area (Å²) in [6.45, 7) is 8.82. The van der Waals surface area contributed by atoms with Crippen LogP contribution in [0.3, 0.4) is 0 Å². The van der Waals surface area contributed by atoms with Gasteiger partial charge in [-0.25, -0.2) is 9.69 Å². The Morgan fingerprint density at radius 1 is 1.00 bits per heavy atom. The number of hydrogen-bond acceptors (Lipinski definition) is 6. The maximum Gasteiger partial charge on any atom is 0.410 e. The molecule has 0 aliphatic carbocycles. The second kappa shape index (κ2) is 7.94. The summed E-state index contributed by atoms with van der Waals surface area (Å²) >= 11 is 0. The second-order valence-corrected chi connectivity index (χ2v) is 8.39. The number of carbonyl (C=O) groups is 4. The van der Waals surface area contributed by atoms with E-state index in [4.69, 9.17) is 4.74 Å². The van der Waals surface area contributed by atoms with Gasteiger partial charge in [-0.05, 0) is 52.0 Å². The highest BCUT2D eigenvalue weighted by molar-refractivity contribution is 6.22. The molecule has 2 heterocycles. The molecule has 0 aromatic heterocycles. The van der Waals surface area contributed by atoms with E-state index in [1.807, 2.05) is 25.7 Å². The monoisotopic (exact) mass is 401 g/mol. The molecule has 2 fully saturated rings. The fourth-order valence-electron chi connectivity index (χ4n) is 3.56. The fourth-order valence-corrected chi connectivity index (χ4v) is 3.56. The zero-order valence-corrected chi connectivity index (χ0v) is 17.3. The van der Waals surface area contributed by atoms with Crippen LogP contribution in [0.2, 0.25) is 0 Å². The molecule has 0 spiro atoms. The van der Waals surface area contributed by atoms with Crippen LogP contribution in [0.1, 0.15) is 44.5 Å². The largest absolute Gasteiger partial charge is 0.444 e. The van der Waals surface area contributed by atoms with E-state index in [0.717, 1.165) is 0 Å².